The van der Waals surface area contributed by atoms with Gasteiger partial charge in [0.2, 0.25) is 17.7 Å². The van der Waals surface area contributed by atoms with E-state index in [1.165, 1.54) is 29.0 Å². The van der Waals surface area contributed by atoms with Gasteiger partial charge in [0.15, 0.2) is 11.6 Å². The number of nitrogens with one attached hydrogen (secondary N) is 1. The van der Waals surface area contributed by atoms with Gasteiger partial charge in [-0.3, -0.25) is 19.4 Å². The highest BCUT2D eigenvalue weighted by Gasteiger charge is 2.36. The SMILES string of the molecule is CCN(C(=O)/C=C/CC1(N)CCC1)[C@H](Cc1ccc(-c2ccccc2)cc1)C(=O)N(C)[C@H](Cc1ccc(F)c(F)c1)C(=O)NCCc1ccncc1. The molecule has 0 spiro atoms. The Morgan fingerprint density at radius 1 is 0.865 bits per heavy atom. The maximum absolute atomic E-state index is 14.6. The van der Waals surface area contributed by atoms with E-state index in [-0.39, 0.29) is 37.4 Å². The number of halogens is 2. The second-order valence-electron chi connectivity index (χ2n) is 13.5. The molecule has 1 aromatic heterocycles. The van der Waals surface area contributed by atoms with Gasteiger partial charge in [-0.1, -0.05) is 66.7 Å². The second kappa shape index (κ2) is 17.8. The molecule has 3 amide bonds. The molecule has 1 aliphatic rings. The summed E-state index contributed by atoms with van der Waals surface area (Å²) in [7, 11) is 1.52. The first-order valence-corrected chi connectivity index (χ1v) is 17.8. The number of hydrogen-bond donors (Lipinski definition) is 2. The minimum atomic E-state index is -1.09. The summed E-state index contributed by atoms with van der Waals surface area (Å²) in [5.74, 6) is -3.30. The Hall–Kier alpha value is -5.22. The molecule has 3 aromatic carbocycles. The van der Waals surface area contributed by atoms with Crippen molar-refractivity contribution in [1.29, 1.82) is 0 Å². The number of nitrogens with zero attached hydrogens (tertiary/aromatic N) is 3. The second-order valence-corrected chi connectivity index (χ2v) is 13.5. The maximum Gasteiger partial charge on any atom is 0.246 e. The molecular weight excluding hydrogens is 660 g/mol. The zero-order chi connectivity index (χ0) is 37.1. The molecule has 0 saturated heterocycles. The fourth-order valence-corrected chi connectivity index (χ4v) is 6.55. The van der Waals surface area contributed by atoms with Crippen molar-refractivity contribution in [2.24, 2.45) is 5.73 Å². The smallest absolute Gasteiger partial charge is 0.246 e. The van der Waals surface area contributed by atoms with Crippen molar-refractivity contribution in [3.63, 3.8) is 0 Å². The molecule has 0 aliphatic heterocycles. The Morgan fingerprint density at radius 3 is 2.15 bits per heavy atom. The van der Waals surface area contributed by atoms with E-state index in [4.69, 9.17) is 5.73 Å². The number of rotatable bonds is 16. The largest absolute Gasteiger partial charge is 0.354 e. The highest BCUT2D eigenvalue weighted by Crippen LogP contribution is 2.32. The van der Waals surface area contributed by atoms with Gasteiger partial charge in [0.25, 0.3) is 0 Å². The normalized spacial score (nSPS) is 14.6. The predicted octanol–water partition coefficient (Wildman–Crippen LogP) is 6.04. The molecule has 0 unspecified atom stereocenters. The molecule has 0 radical (unpaired) electrons. The first-order chi connectivity index (χ1) is 25.1. The van der Waals surface area contributed by atoms with E-state index in [0.717, 1.165) is 53.6 Å². The van der Waals surface area contributed by atoms with Gasteiger partial charge in [0, 0.05) is 50.9 Å². The van der Waals surface area contributed by atoms with Crippen LogP contribution in [-0.4, -0.2) is 70.3 Å². The van der Waals surface area contributed by atoms with Gasteiger partial charge in [-0.05, 0) is 97.2 Å². The quantitative estimate of drug-likeness (QED) is 0.138. The Labute approximate surface area is 304 Å². The molecule has 52 heavy (non-hydrogen) atoms. The molecule has 1 aliphatic carbocycles. The van der Waals surface area contributed by atoms with Crippen molar-refractivity contribution in [1.82, 2.24) is 20.1 Å². The van der Waals surface area contributed by atoms with Crippen LogP contribution in [0.2, 0.25) is 0 Å². The highest BCUT2D eigenvalue weighted by atomic mass is 19.2. The lowest BCUT2D eigenvalue weighted by Crippen LogP contribution is -2.56. The minimum Gasteiger partial charge on any atom is -0.354 e. The topological polar surface area (TPSA) is 109 Å². The molecule has 4 aromatic rings. The van der Waals surface area contributed by atoms with Crippen LogP contribution in [0, 0.1) is 11.6 Å². The molecule has 1 saturated carbocycles. The van der Waals surface area contributed by atoms with E-state index in [2.05, 4.69) is 10.3 Å². The minimum absolute atomic E-state index is 0.0718. The van der Waals surface area contributed by atoms with Crippen LogP contribution in [-0.2, 0) is 33.6 Å². The number of amides is 3. The fraction of sp³-hybridized carbons (Fsp3) is 0.333. The van der Waals surface area contributed by atoms with Gasteiger partial charge in [0.1, 0.15) is 12.1 Å². The molecule has 1 heterocycles. The van der Waals surface area contributed by atoms with Crippen molar-refractivity contribution < 1.29 is 23.2 Å². The summed E-state index contributed by atoms with van der Waals surface area (Å²) in [5, 5.41) is 2.92. The standard InChI is InChI=1S/C42H47F2N5O3/c1-3-49(39(50)11-7-21-42(45)22-8-23-42)38(28-31-12-15-34(16-13-31)33-9-5-4-6-10-33)41(52)48(2)37(29-32-14-17-35(43)36(44)27-32)40(51)47-26-20-30-18-24-46-25-19-30/h4-7,9-19,24-25,27,37-38H,3,8,20-23,26,28-29,45H2,1-2H3,(H,47,51)/b11-7+/t37-,38-/m1/s1. The van der Waals surface area contributed by atoms with E-state index in [0.29, 0.717) is 18.4 Å². The van der Waals surface area contributed by atoms with Crippen LogP contribution >= 0.6 is 0 Å². The third-order valence-electron chi connectivity index (χ3n) is 9.90. The van der Waals surface area contributed by atoms with Crippen LogP contribution in [0.4, 0.5) is 8.78 Å². The molecule has 0 bridgehead atoms. The molecule has 8 nitrogen and oxygen atoms in total. The number of aromatic nitrogens is 1. The van der Waals surface area contributed by atoms with Crippen molar-refractivity contribution in [3.05, 3.63) is 138 Å². The third-order valence-corrected chi connectivity index (χ3v) is 9.90. The number of nitrogens with two attached hydrogens (primary N) is 1. The number of likely N-dealkylation sites (N-methyl/N-ethyl adjacent to an activating group) is 2. The number of pyridine rings is 1. The van der Waals surface area contributed by atoms with Gasteiger partial charge >= 0.3 is 0 Å². The molecule has 1 fully saturated rings. The maximum atomic E-state index is 14.6. The summed E-state index contributed by atoms with van der Waals surface area (Å²) < 4.78 is 28.2. The predicted molar refractivity (Wildman–Crippen MR) is 199 cm³/mol. The molecule has 3 N–H and O–H groups in total. The Kier molecular flexibility index (Phi) is 13.0. The first kappa shape index (κ1) is 38.0. The number of carbonyl (C=O) groups is 3. The van der Waals surface area contributed by atoms with Crippen molar-refractivity contribution in [3.8, 4) is 11.1 Å². The van der Waals surface area contributed by atoms with Crippen LogP contribution in [0.5, 0.6) is 0 Å². The summed E-state index contributed by atoms with van der Waals surface area (Å²) >= 11 is 0. The van der Waals surface area contributed by atoms with Crippen LogP contribution in [0.25, 0.3) is 11.1 Å². The zero-order valence-electron chi connectivity index (χ0n) is 29.8. The fourth-order valence-electron chi connectivity index (χ4n) is 6.55. The number of carbonyl (C=O) groups excluding carboxylic acids is 3. The van der Waals surface area contributed by atoms with Crippen molar-refractivity contribution >= 4 is 17.7 Å². The van der Waals surface area contributed by atoms with E-state index in [9.17, 15) is 23.2 Å². The van der Waals surface area contributed by atoms with E-state index < -0.39 is 35.5 Å². The lowest BCUT2D eigenvalue weighted by Gasteiger charge is -2.37. The third kappa shape index (κ3) is 9.97. The van der Waals surface area contributed by atoms with Gasteiger partial charge in [0.05, 0.1) is 0 Å². The monoisotopic (exact) mass is 707 g/mol. The summed E-state index contributed by atoms with van der Waals surface area (Å²) in [6, 6.07) is 22.9. The summed E-state index contributed by atoms with van der Waals surface area (Å²) in [6.07, 6.45) is 10.7. The molecule has 2 atom stereocenters. The zero-order valence-corrected chi connectivity index (χ0v) is 29.8. The number of hydrogen-bond acceptors (Lipinski definition) is 5. The van der Waals surface area contributed by atoms with E-state index in [1.54, 1.807) is 18.5 Å². The molecule has 10 heteroatoms. The molecule has 5 rings (SSSR count). The number of benzene rings is 3. The summed E-state index contributed by atoms with van der Waals surface area (Å²) in [4.78, 5) is 49.1. The lowest BCUT2D eigenvalue weighted by molar-refractivity contribution is -0.146. The summed E-state index contributed by atoms with van der Waals surface area (Å²) in [6.45, 7) is 2.32. The average Bonchev–Trinajstić information content (AvgIpc) is 3.15. The van der Waals surface area contributed by atoms with Crippen LogP contribution in [0.1, 0.15) is 49.3 Å². The van der Waals surface area contributed by atoms with Gasteiger partial charge < -0.3 is 20.9 Å². The molecular formula is C42H47F2N5O3. The lowest BCUT2D eigenvalue weighted by atomic mass is 9.75. The Bertz CT molecular complexity index is 1830. The van der Waals surface area contributed by atoms with Crippen LogP contribution in [0.3, 0.4) is 0 Å². The van der Waals surface area contributed by atoms with Crippen LogP contribution < -0.4 is 11.1 Å². The van der Waals surface area contributed by atoms with Gasteiger partial charge in [-0.2, -0.15) is 0 Å². The van der Waals surface area contributed by atoms with Crippen molar-refractivity contribution in [2.45, 2.75) is 69.5 Å². The summed E-state index contributed by atoms with van der Waals surface area (Å²) in [5.41, 5.74) is 10.3. The van der Waals surface area contributed by atoms with Gasteiger partial charge in [-0.15, -0.1) is 0 Å². The molecule has 272 valence electrons. The van der Waals surface area contributed by atoms with Crippen LogP contribution in [0.15, 0.2) is 109 Å². The van der Waals surface area contributed by atoms with Crippen molar-refractivity contribution in [2.75, 3.05) is 20.1 Å². The average molecular weight is 708 g/mol. The van der Waals surface area contributed by atoms with E-state index >= 15 is 0 Å². The Morgan fingerprint density at radius 2 is 1.52 bits per heavy atom. The van der Waals surface area contributed by atoms with Gasteiger partial charge in [-0.25, -0.2) is 8.78 Å². The highest BCUT2D eigenvalue weighted by molar-refractivity contribution is 5.95. The first-order valence-electron chi connectivity index (χ1n) is 17.8. The Balaban J connectivity index is 1.42. The van der Waals surface area contributed by atoms with E-state index in [1.807, 2.05) is 73.7 Å².